The highest BCUT2D eigenvalue weighted by atomic mass is 19.1. The molecule has 27 heavy (non-hydrogen) atoms. The van der Waals surface area contributed by atoms with Crippen LogP contribution in [-0.4, -0.2) is 16.0 Å². The van der Waals surface area contributed by atoms with E-state index in [1.165, 1.54) is 12.1 Å². The second-order valence-electron chi connectivity index (χ2n) is 5.99. The van der Waals surface area contributed by atoms with Crippen molar-refractivity contribution in [1.82, 2.24) is 10.5 Å². The van der Waals surface area contributed by atoms with Gasteiger partial charge < -0.3 is 4.74 Å². The number of aromatic nitrogens is 1. The number of hydrogen-bond acceptors (Lipinski definition) is 4. The number of nitrogens with zero attached hydrogens (tertiary/aromatic N) is 2. The molecule has 0 saturated heterocycles. The zero-order chi connectivity index (χ0) is 19.1. The third-order valence-corrected chi connectivity index (χ3v) is 3.89. The molecule has 1 heterocycles. The normalized spacial score (nSPS) is 11.3. The van der Waals surface area contributed by atoms with Gasteiger partial charge in [0.2, 0.25) is 5.88 Å². The van der Waals surface area contributed by atoms with Gasteiger partial charge in [-0.05, 0) is 42.3 Å². The van der Waals surface area contributed by atoms with Crippen LogP contribution in [0.4, 0.5) is 4.39 Å². The first-order valence-electron chi connectivity index (χ1n) is 8.49. The number of halogens is 1. The van der Waals surface area contributed by atoms with Crippen molar-refractivity contribution in [2.24, 2.45) is 4.99 Å². The maximum atomic E-state index is 13.3. The Hall–Kier alpha value is -3.25. The smallest absolute Gasteiger partial charge is 0.225 e. The zero-order valence-electron chi connectivity index (χ0n) is 14.9. The molecule has 0 bridgehead atoms. The van der Waals surface area contributed by atoms with Crippen molar-refractivity contribution in [2.45, 2.75) is 20.1 Å². The van der Waals surface area contributed by atoms with E-state index in [0.29, 0.717) is 23.6 Å². The molecule has 1 aromatic heterocycles. The lowest BCUT2D eigenvalue weighted by atomic mass is 10.2. The Kier molecular flexibility index (Phi) is 6.12. The maximum Gasteiger partial charge on any atom is 0.225 e. The minimum Gasteiger partial charge on any atom is -0.472 e. The molecule has 2 aromatic carbocycles. The van der Waals surface area contributed by atoms with Crippen molar-refractivity contribution < 1.29 is 14.3 Å². The monoisotopic (exact) mass is 365 g/mol. The maximum absolute atomic E-state index is 13.3. The van der Waals surface area contributed by atoms with Gasteiger partial charge in [0.05, 0.1) is 12.1 Å². The van der Waals surface area contributed by atoms with E-state index < -0.39 is 0 Å². The van der Waals surface area contributed by atoms with Crippen molar-refractivity contribution in [1.29, 1.82) is 0 Å². The molecule has 0 aliphatic heterocycles. The summed E-state index contributed by atoms with van der Waals surface area (Å²) in [4.78, 5) is 8.80. The van der Waals surface area contributed by atoms with Crippen molar-refractivity contribution in [3.63, 3.8) is 0 Å². The first-order valence-corrected chi connectivity index (χ1v) is 8.49. The fourth-order valence-corrected chi connectivity index (χ4v) is 2.54. The molecule has 0 atom stereocenters. The first kappa shape index (κ1) is 18.5. The van der Waals surface area contributed by atoms with Crippen LogP contribution in [0, 0.1) is 12.7 Å². The van der Waals surface area contributed by atoms with Crippen LogP contribution in [0.1, 0.15) is 22.4 Å². The van der Waals surface area contributed by atoms with Gasteiger partial charge in [-0.15, -0.1) is 0 Å². The quantitative estimate of drug-likeness (QED) is 0.393. The number of amidine groups is 1. The highest BCUT2D eigenvalue weighted by molar-refractivity contribution is 6.00. The highest BCUT2D eigenvalue weighted by Crippen LogP contribution is 2.19. The van der Waals surface area contributed by atoms with Crippen molar-refractivity contribution in [3.8, 4) is 5.88 Å². The third kappa shape index (κ3) is 5.12. The Morgan fingerprint density at radius 3 is 2.59 bits per heavy atom. The predicted molar refractivity (Wildman–Crippen MR) is 101 cm³/mol. The lowest BCUT2D eigenvalue weighted by molar-refractivity contribution is 0.233. The average Bonchev–Trinajstić information content (AvgIpc) is 2.69. The molecule has 0 unspecified atom stereocenters. The van der Waals surface area contributed by atoms with E-state index in [4.69, 9.17) is 4.74 Å². The molecule has 138 valence electrons. The number of ether oxygens (including phenoxy) is 1. The zero-order valence-corrected chi connectivity index (χ0v) is 14.9. The largest absolute Gasteiger partial charge is 0.472 e. The number of aliphatic imine (C=N–C) groups is 1. The van der Waals surface area contributed by atoms with Gasteiger partial charge in [0.1, 0.15) is 12.4 Å². The van der Waals surface area contributed by atoms with Gasteiger partial charge in [-0.25, -0.2) is 9.37 Å². The summed E-state index contributed by atoms with van der Waals surface area (Å²) >= 11 is 0. The van der Waals surface area contributed by atoms with Gasteiger partial charge >= 0.3 is 0 Å². The van der Waals surface area contributed by atoms with Crippen LogP contribution < -0.4 is 10.2 Å². The average molecular weight is 365 g/mol. The van der Waals surface area contributed by atoms with E-state index in [9.17, 15) is 9.60 Å². The topological polar surface area (TPSA) is 66.7 Å². The third-order valence-electron chi connectivity index (χ3n) is 3.89. The Morgan fingerprint density at radius 2 is 1.85 bits per heavy atom. The van der Waals surface area contributed by atoms with Gasteiger partial charge in [-0.1, -0.05) is 42.5 Å². The number of hydrogen-bond donors (Lipinski definition) is 2. The first-order chi connectivity index (χ1) is 13.2. The molecule has 3 aromatic rings. The Balaban J connectivity index is 1.83. The molecule has 0 radical (unpaired) electrons. The van der Waals surface area contributed by atoms with Crippen LogP contribution in [0.25, 0.3) is 0 Å². The molecule has 0 amide bonds. The van der Waals surface area contributed by atoms with Crippen LogP contribution in [0.2, 0.25) is 0 Å². The van der Waals surface area contributed by atoms with Crippen molar-refractivity contribution in [2.75, 3.05) is 0 Å². The fourth-order valence-electron chi connectivity index (χ4n) is 2.54. The number of benzene rings is 2. The molecule has 0 saturated carbocycles. The van der Waals surface area contributed by atoms with Gasteiger partial charge in [-0.3, -0.25) is 15.7 Å². The Labute approximate surface area is 157 Å². The number of pyridine rings is 1. The van der Waals surface area contributed by atoms with E-state index in [1.54, 1.807) is 24.3 Å². The van der Waals surface area contributed by atoms with Gasteiger partial charge in [-0.2, -0.15) is 0 Å². The molecule has 0 aliphatic rings. The molecule has 5 nitrogen and oxygen atoms in total. The SMILES string of the molecule is Cc1ccc(C(=NCc2ccccc2)NO)c(OCc2cccc(F)c2)n1. The minimum atomic E-state index is -0.323. The second kappa shape index (κ2) is 8.91. The van der Waals surface area contributed by atoms with Crippen molar-refractivity contribution >= 4 is 5.84 Å². The summed E-state index contributed by atoms with van der Waals surface area (Å²) in [7, 11) is 0. The standard InChI is InChI=1S/C21H20FN3O2/c1-15-10-11-19(20(25-26)23-13-16-6-3-2-4-7-16)21(24-15)27-14-17-8-5-9-18(22)12-17/h2-12,26H,13-14H2,1H3,(H,23,25). The molecular weight excluding hydrogens is 345 g/mol. The summed E-state index contributed by atoms with van der Waals surface area (Å²) in [5, 5.41) is 9.56. The molecule has 3 rings (SSSR count). The molecule has 0 fully saturated rings. The molecular formula is C21H20FN3O2. The van der Waals surface area contributed by atoms with Gasteiger partial charge in [0, 0.05) is 5.69 Å². The number of aryl methyl sites for hydroxylation is 1. The molecule has 0 aliphatic carbocycles. The van der Waals surface area contributed by atoms with Crippen LogP contribution in [0.3, 0.4) is 0 Å². The summed E-state index contributed by atoms with van der Waals surface area (Å²) in [6, 6.07) is 19.5. The van der Waals surface area contributed by atoms with E-state index >= 15 is 0 Å². The van der Waals surface area contributed by atoms with Crippen LogP contribution in [0.15, 0.2) is 71.7 Å². The van der Waals surface area contributed by atoms with Gasteiger partial charge in [0.25, 0.3) is 0 Å². The van der Waals surface area contributed by atoms with Crippen molar-refractivity contribution in [3.05, 3.63) is 94.9 Å². The Bertz CT molecular complexity index is 930. The van der Waals surface area contributed by atoms with E-state index in [-0.39, 0.29) is 18.3 Å². The van der Waals surface area contributed by atoms with Crippen LogP contribution >= 0.6 is 0 Å². The lowest BCUT2D eigenvalue weighted by Crippen LogP contribution is -2.22. The number of hydroxylamine groups is 1. The highest BCUT2D eigenvalue weighted by Gasteiger charge is 2.13. The lowest BCUT2D eigenvalue weighted by Gasteiger charge is -2.13. The summed E-state index contributed by atoms with van der Waals surface area (Å²) in [5.74, 6) is 0.240. The number of nitrogens with one attached hydrogen (secondary N) is 1. The molecule has 0 spiro atoms. The molecule has 2 N–H and O–H groups in total. The predicted octanol–water partition coefficient (Wildman–Crippen LogP) is 4.03. The Morgan fingerprint density at radius 1 is 1.07 bits per heavy atom. The minimum absolute atomic E-state index is 0.151. The fraction of sp³-hybridized carbons (Fsp3) is 0.143. The summed E-state index contributed by atoms with van der Waals surface area (Å²) in [6.45, 7) is 2.38. The van der Waals surface area contributed by atoms with E-state index in [2.05, 4.69) is 15.5 Å². The van der Waals surface area contributed by atoms with Gasteiger partial charge in [0.15, 0.2) is 5.84 Å². The summed E-state index contributed by atoms with van der Waals surface area (Å²) < 4.78 is 19.1. The van der Waals surface area contributed by atoms with Crippen LogP contribution in [0.5, 0.6) is 5.88 Å². The van der Waals surface area contributed by atoms with E-state index in [1.807, 2.05) is 37.3 Å². The number of rotatable bonds is 6. The molecule has 6 heteroatoms. The summed E-state index contributed by atoms with van der Waals surface area (Å²) in [5.41, 5.74) is 5.10. The van der Waals surface area contributed by atoms with E-state index in [0.717, 1.165) is 11.3 Å². The van der Waals surface area contributed by atoms with Crippen LogP contribution in [-0.2, 0) is 13.2 Å². The second-order valence-corrected chi connectivity index (χ2v) is 5.99. The summed E-state index contributed by atoms with van der Waals surface area (Å²) in [6.07, 6.45) is 0.